The van der Waals surface area contributed by atoms with E-state index in [4.69, 9.17) is 0 Å². The quantitative estimate of drug-likeness (QED) is 0.727. The molecule has 0 saturated carbocycles. The van der Waals surface area contributed by atoms with E-state index in [2.05, 4.69) is 5.32 Å². The third-order valence-electron chi connectivity index (χ3n) is 2.03. The summed E-state index contributed by atoms with van der Waals surface area (Å²) in [4.78, 5) is 11.1. The lowest BCUT2D eigenvalue weighted by Gasteiger charge is -2.09. The number of carbonyl (C=O) groups excluding carboxylic acids is 1. The first kappa shape index (κ1) is 9.90. The second-order valence-electron chi connectivity index (χ2n) is 3.19. The van der Waals surface area contributed by atoms with Gasteiger partial charge in [-0.2, -0.15) is 11.8 Å². The fraction of sp³-hybridized carbons (Fsp3) is 0.889. The van der Waals surface area contributed by atoms with Crippen LogP contribution in [0, 0.1) is 0 Å². The summed E-state index contributed by atoms with van der Waals surface area (Å²) in [5.74, 6) is 1.49. The normalized spacial score (nSPS) is 22.6. The van der Waals surface area contributed by atoms with Crippen LogP contribution in [0.3, 0.4) is 0 Å². The van der Waals surface area contributed by atoms with Gasteiger partial charge in [0.15, 0.2) is 0 Å². The van der Waals surface area contributed by atoms with E-state index in [1.807, 2.05) is 18.7 Å². The molecule has 0 aliphatic carbocycles. The Balaban J connectivity index is 2.03. The highest BCUT2D eigenvalue weighted by Gasteiger charge is 2.15. The highest BCUT2D eigenvalue weighted by atomic mass is 32.2. The minimum absolute atomic E-state index is 0.213. The van der Waals surface area contributed by atoms with Gasteiger partial charge >= 0.3 is 0 Å². The topological polar surface area (TPSA) is 29.1 Å². The van der Waals surface area contributed by atoms with Crippen LogP contribution in [-0.2, 0) is 4.79 Å². The minimum Gasteiger partial charge on any atom is -0.355 e. The maximum absolute atomic E-state index is 11.1. The van der Waals surface area contributed by atoms with Gasteiger partial charge < -0.3 is 5.32 Å². The molecule has 1 heterocycles. The molecule has 0 aromatic carbocycles. The van der Waals surface area contributed by atoms with Crippen LogP contribution in [0.25, 0.3) is 0 Å². The van der Waals surface area contributed by atoms with E-state index in [9.17, 15) is 4.79 Å². The molecule has 0 radical (unpaired) electrons. The molecule has 12 heavy (non-hydrogen) atoms. The number of rotatable bonds is 4. The summed E-state index contributed by atoms with van der Waals surface area (Å²) in [6.45, 7) is 2.91. The van der Waals surface area contributed by atoms with Crippen LogP contribution in [0.1, 0.15) is 32.6 Å². The van der Waals surface area contributed by atoms with Gasteiger partial charge in [0.1, 0.15) is 0 Å². The van der Waals surface area contributed by atoms with Gasteiger partial charge in [-0.05, 0) is 25.0 Å². The second kappa shape index (κ2) is 5.46. The minimum atomic E-state index is 0.213. The zero-order valence-corrected chi connectivity index (χ0v) is 8.45. The Hall–Kier alpha value is -0.180. The van der Waals surface area contributed by atoms with Crippen molar-refractivity contribution >= 4 is 17.7 Å². The standard InChI is InChI=1S/C9H17NOS/c1-2-4-9(11)10-7-8-5-3-6-12-8/h8H,2-7H2,1H3,(H,10,11). The molecule has 1 saturated heterocycles. The zero-order valence-electron chi connectivity index (χ0n) is 7.64. The Labute approximate surface area is 78.5 Å². The fourth-order valence-electron chi connectivity index (χ4n) is 1.35. The molecule has 0 aromatic heterocycles. The number of amides is 1. The molecule has 0 aromatic rings. The van der Waals surface area contributed by atoms with Crippen molar-refractivity contribution in [3.8, 4) is 0 Å². The van der Waals surface area contributed by atoms with E-state index in [0.717, 1.165) is 13.0 Å². The SMILES string of the molecule is CCCC(=O)NCC1CCCS1. The van der Waals surface area contributed by atoms with Crippen LogP contribution in [-0.4, -0.2) is 23.5 Å². The molecule has 1 N–H and O–H groups in total. The van der Waals surface area contributed by atoms with Gasteiger partial charge in [0.2, 0.25) is 5.91 Å². The molecule has 1 atom stereocenters. The predicted molar refractivity (Wildman–Crippen MR) is 53.4 cm³/mol. The van der Waals surface area contributed by atoms with Crippen molar-refractivity contribution in [2.45, 2.75) is 37.9 Å². The molecule has 0 spiro atoms. The first-order valence-corrected chi connectivity index (χ1v) is 5.76. The fourth-order valence-corrected chi connectivity index (χ4v) is 2.55. The zero-order chi connectivity index (χ0) is 8.81. The Morgan fingerprint density at radius 1 is 1.67 bits per heavy atom. The number of hydrogen-bond donors (Lipinski definition) is 1. The third-order valence-corrected chi connectivity index (χ3v) is 3.43. The van der Waals surface area contributed by atoms with Gasteiger partial charge in [0.25, 0.3) is 0 Å². The van der Waals surface area contributed by atoms with Crippen molar-refractivity contribution in [1.29, 1.82) is 0 Å². The van der Waals surface area contributed by atoms with Crippen molar-refractivity contribution in [1.82, 2.24) is 5.32 Å². The highest BCUT2D eigenvalue weighted by molar-refractivity contribution is 8.00. The van der Waals surface area contributed by atoms with Crippen LogP contribution < -0.4 is 5.32 Å². The van der Waals surface area contributed by atoms with Crippen LogP contribution in [0.4, 0.5) is 0 Å². The van der Waals surface area contributed by atoms with Crippen molar-refractivity contribution in [2.24, 2.45) is 0 Å². The third kappa shape index (κ3) is 3.48. The first-order chi connectivity index (χ1) is 5.83. The van der Waals surface area contributed by atoms with Gasteiger partial charge in [0.05, 0.1) is 0 Å². The molecule has 1 amide bonds. The van der Waals surface area contributed by atoms with E-state index in [0.29, 0.717) is 11.7 Å². The van der Waals surface area contributed by atoms with Gasteiger partial charge in [-0.25, -0.2) is 0 Å². The summed E-state index contributed by atoms with van der Waals surface area (Å²) in [5, 5.41) is 3.65. The molecule has 1 fully saturated rings. The van der Waals surface area contributed by atoms with Crippen LogP contribution in [0.2, 0.25) is 0 Å². The Bertz CT molecular complexity index is 143. The lowest BCUT2D eigenvalue weighted by atomic mass is 10.2. The molecule has 1 aliphatic heterocycles. The van der Waals surface area contributed by atoms with Crippen molar-refractivity contribution < 1.29 is 4.79 Å². The number of thioether (sulfide) groups is 1. The molecule has 70 valence electrons. The summed E-state index contributed by atoms with van der Waals surface area (Å²) in [7, 11) is 0. The van der Waals surface area contributed by atoms with Crippen LogP contribution >= 0.6 is 11.8 Å². The molecule has 1 aliphatic rings. The van der Waals surface area contributed by atoms with E-state index in [1.54, 1.807) is 0 Å². The van der Waals surface area contributed by atoms with Gasteiger partial charge in [-0.1, -0.05) is 6.92 Å². The summed E-state index contributed by atoms with van der Waals surface area (Å²) in [6.07, 6.45) is 4.22. The van der Waals surface area contributed by atoms with Crippen LogP contribution in [0.15, 0.2) is 0 Å². The van der Waals surface area contributed by atoms with Gasteiger partial charge in [-0.3, -0.25) is 4.79 Å². The molecule has 3 heteroatoms. The van der Waals surface area contributed by atoms with Crippen molar-refractivity contribution in [3.05, 3.63) is 0 Å². The maximum Gasteiger partial charge on any atom is 0.220 e. The second-order valence-corrected chi connectivity index (χ2v) is 4.60. The number of hydrogen-bond acceptors (Lipinski definition) is 2. The molecule has 1 unspecified atom stereocenters. The van der Waals surface area contributed by atoms with E-state index in [-0.39, 0.29) is 5.91 Å². The summed E-state index contributed by atoms with van der Waals surface area (Å²) in [6, 6.07) is 0. The first-order valence-electron chi connectivity index (χ1n) is 4.71. The summed E-state index contributed by atoms with van der Waals surface area (Å²) < 4.78 is 0. The predicted octanol–water partition coefficient (Wildman–Crippen LogP) is 1.80. The lowest BCUT2D eigenvalue weighted by molar-refractivity contribution is -0.121. The van der Waals surface area contributed by atoms with E-state index >= 15 is 0 Å². The lowest BCUT2D eigenvalue weighted by Crippen LogP contribution is -2.29. The largest absolute Gasteiger partial charge is 0.355 e. The van der Waals surface area contributed by atoms with Crippen LogP contribution in [0.5, 0.6) is 0 Å². The van der Waals surface area contributed by atoms with Crippen molar-refractivity contribution in [2.75, 3.05) is 12.3 Å². The van der Waals surface area contributed by atoms with Gasteiger partial charge in [-0.15, -0.1) is 0 Å². The molecule has 0 bridgehead atoms. The van der Waals surface area contributed by atoms with Crippen molar-refractivity contribution in [3.63, 3.8) is 0 Å². The summed E-state index contributed by atoms with van der Waals surface area (Å²) in [5.41, 5.74) is 0. The molecule has 2 nitrogen and oxygen atoms in total. The average Bonchev–Trinajstić information content (AvgIpc) is 2.53. The van der Waals surface area contributed by atoms with E-state index < -0.39 is 0 Å². The maximum atomic E-state index is 11.1. The molecular formula is C9H17NOS. The van der Waals surface area contributed by atoms with Gasteiger partial charge in [0, 0.05) is 18.2 Å². The highest BCUT2D eigenvalue weighted by Crippen LogP contribution is 2.25. The molecular weight excluding hydrogens is 170 g/mol. The Morgan fingerprint density at radius 3 is 3.08 bits per heavy atom. The average molecular weight is 187 g/mol. The Kier molecular flexibility index (Phi) is 4.51. The van der Waals surface area contributed by atoms with E-state index in [1.165, 1.54) is 18.6 Å². The summed E-state index contributed by atoms with van der Waals surface area (Å²) >= 11 is 1.99. The number of carbonyl (C=O) groups is 1. The molecule has 1 rings (SSSR count). The Morgan fingerprint density at radius 2 is 2.50 bits per heavy atom. The smallest absolute Gasteiger partial charge is 0.220 e. The monoisotopic (exact) mass is 187 g/mol. The number of nitrogens with one attached hydrogen (secondary N) is 1.